The molecular formula is C9H14N2OS. The lowest BCUT2D eigenvalue weighted by atomic mass is 10.5. The van der Waals surface area contributed by atoms with Gasteiger partial charge < -0.3 is 9.73 Å². The zero-order valence-electron chi connectivity index (χ0n) is 7.53. The molecular weight excluding hydrogens is 184 g/mol. The molecule has 4 heteroatoms. The van der Waals surface area contributed by atoms with Gasteiger partial charge in [-0.05, 0) is 25.8 Å². The summed E-state index contributed by atoms with van der Waals surface area (Å²) >= 11 is 1.68. The van der Waals surface area contributed by atoms with E-state index in [4.69, 9.17) is 4.42 Å². The number of oxazole rings is 1. The molecule has 1 fully saturated rings. The van der Waals surface area contributed by atoms with Gasteiger partial charge >= 0.3 is 0 Å². The van der Waals surface area contributed by atoms with Crippen molar-refractivity contribution in [3.63, 3.8) is 0 Å². The summed E-state index contributed by atoms with van der Waals surface area (Å²) in [7, 11) is 0. The maximum Gasteiger partial charge on any atom is 0.255 e. The van der Waals surface area contributed by atoms with Crippen LogP contribution < -0.4 is 5.32 Å². The molecule has 0 amide bonds. The third-order valence-corrected chi connectivity index (χ3v) is 2.91. The molecule has 2 rings (SSSR count). The Bertz CT molecular complexity index is 234. The van der Waals surface area contributed by atoms with Crippen LogP contribution in [0.25, 0.3) is 0 Å². The smallest absolute Gasteiger partial charge is 0.255 e. The van der Waals surface area contributed by atoms with Gasteiger partial charge in [-0.3, -0.25) is 0 Å². The molecule has 1 aromatic heterocycles. The zero-order valence-corrected chi connectivity index (χ0v) is 8.35. The Hall–Kier alpha value is -0.480. The molecule has 0 aromatic carbocycles. The van der Waals surface area contributed by atoms with Gasteiger partial charge in [-0.2, -0.15) is 0 Å². The molecule has 0 radical (unpaired) electrons. The average Bonchev–Trinajstić information content (AvgIpc) is 2.81. The van der Waals surface area contributed by atoms with Crippen LogP contribution in [-0.4, -0.2) is 23.3 Å². The van der Waals surface area contributed by atoms with Crippen LogP contribution >= 0.6 is 11.8 Å². The average molecular weight is 198 g/mol. The second-order valence-corrected chi connectivity index (χ2v) is 4.27. The van der Waals surface area contributed by atoms with Crippen molar-refractivity contribution in [1.82, 2.24) is 10.3 Å². The number of rotatable bonds is 6. The highest BCUT2D eigenvalue weighted by Gasteiger charge is 2.19. The first-order valence-corrected chi connectivity index (χ1v) is 5.69. The van der Waals surface area contributed by atoms with Gasteiger partial charge in [0.25, 0.3) is 5.22 Å². The lowest BCUT2D eigenvalue weighted by molar-refractivity contribution is 0.454. The van der Waals surface area contributed by atoms with Crippen molar-refractivity contribution >= 4 is 11.8 Å². The lowest BCUT2D eigenvalue weighted by Crippen LogP contribution is -2.17. The molecule has 0 saturated heterocycles. The Labute approximate surface area is 82.3 Å². The second kappa shape index (κ2) is 4.67. The number of hydrogen-bond donors (Lipinski definition) is 1. The molecule has 0 bridgehead atoms. The van der Waals surface area contributed by atoms with E-state index in [0.717, 1.165) is 23.6 Å². The first-order chi connectivity index (χ1) is 6.45. The summed E-state index contributed by atoms with van der Waals surface area (Å²) in [5.41, 5.74) is 0. The fourth-order valence-corrected chi connectivity index (χ4v) is 1.83. The van der Waals surface area contributed by atoms with E-state index in [2.05, 4.69) is 10.3 Å². The third kappa shape index (κ3) is 3.40. The minimum atomic E-state index is 0.784. The number of aromatic nitrogens is 1. The Morgan fingerprint density at radius 1 is 1.62 bits per heavy atom. The Balaban J connectivity index is 1.48. The van der Waals surface area contributed by atoms with Crippen molar-refractivity contribution in [2.24, 2.45) is 0 Å². The van der Waals surface area contributed by atoms with Crippen LogP contribution in [0.1, 0.15) is 19.3 Å². The van der Waals surface area contributed by atoms with Gasteiger partial charge in [-0.25, -0.2) is 4.98 Å². The predicted molar refractivity (Wildman–Crippen MR) is 52.9 cm³/mol. The predicted octanol–water partition coefficient (Wildman–Crippen LogP) is 1.91. The summed E-state index contributed by atoms with van der Waals surface area (Å²) < 4.78 is 5.10. The SMILES string of the molecule is c1coc(SCCCNC2CC2)n1. The minimum Gasteiger partial charge on any atom is -0.440 e. The molecule has 1 aromatic rings. The molecule has 1 saturated carbocycles. The number of nitrogens with zero attached hydrogens (tertiary/aromatic N) is 1. The highest BCUT2D eigenvalue weighted by Crippen LogP contribution is 2.19. The van der Waals surface area contributed by atoms with E-state index in [1.807, 2.05) is 0 Å². The van der Waals surface area contributed by atoms with E-state index >= 15 is 0 Å². The quantitative estimate of drug-likeness (QED) is 0.559. The van der Waals surface area contributed by atoms with E-state index in [-0.39, 0.29) is 0 Å². The van der Waals surface area contributed by atoms with Gasteiger partial charge in [0.15, 0.2) is 0 Å². The van der Waals surface area contributed by atoms with E-state index < -0.39 is 0 Å². The van der Waals surface area contributed by atoms with Gasteiger partial charge in [-0.15, -0.1) is 0 Å². The summed E-state index contributed by atoms with van der Waals surface area (Å²) in [6.45, 7) is 1.12. The molecule has 0 spiro atoms. The summed E-state index contributed by atoms with van der Waals surface area (Å²) in [5.74, 6) is 1.08. The maximum atomic E-state index is 5.10. The molecule has 13 heavy (non-hydrogen) atoms. The van der Waals surface area contributed by atoms with Crippen molar-refractivity contribution in [1.29, 1.82) is 0 Å². The monoisotopic (exact) mass is 198 g/mol. The van der Waals surface area contributed by atoms with Crippen LogP contribution in [0.15, 0.2) is 22.1 Å². The molecule has 1 aliphatic carbocycles. The molecule has 1 N–H and O–H groups in total. The standard InChI is InChI=1S/C9H14N2OS/c1(4-10-8-2-3-8)7-13-9-11-5-6-12-9/h5-6,8,10H,1-4,7H2. The Morgan fingerprint density at radius 3 is 3.23 bits per heavy atom. The van der Waals surface area contributed by atoms with Crippen LogP contribution in [0.5, 0.6) is 0 Å². The van der Waals surface area contributed by atoms with Crippen LogP contribution in [0.2, 0.25) is 0 Å². The van der Waals surface area contributed by atoms with Crippen molar-refractivity contribution in [2.45, 2.75) is 30.5 Å². The van der Waals surface area contributed by atoms with E-state index in [0.29, 0.717) is 0 Å². The van der Waals surface area contributed by atoms with E-state index in [9.17, 15) is 0 Å². The van der Waals surface area contributed by atoms with Gasteiger partial charge in [0.2, 0.25) is 0 Å². The normalized spacial score (nSPS) is 16.3. The van der Waals surface area contributed by atoms with E-state index in [1.54, 1.807) is 24.2 Å². The molecule has 1 aliphatic rings. The topological polar surface area (TPSA) is 38.1 Å². The molecule has 0 unspecified atom stereocenters. The number of thioether (sulfide) groups is 1. The molecule has 72 valence electrons. The van der Waals surface area contributed by atoms with Crippen molar-refractivity contribution < 1.29 is 4.42 Å². The third-order valence-electron chi connectivity index (χ3n) is 1.97. The first-order valence-electron chi connectivity index (χ1n) is 4.71. The van der Waals surface area contributed by atoms with Crippen LogP contribution in [-0.2, 0) is 0 Å². The summed E-state index contributed by atoms with van der Waals surface area (Å²) in [6.07, 6.45) is 7.22. The fourth-order valence-electron chi connectivity index (χ4n) is 1.11. The van der Waals surface area contributed by atoms with E-state index in [1.165, 1.54) is 19.3 Å². The maximum absolute atomic E-state index is 5.10. The highest BCUT2D eigenvalue weighted by molar-refractivity contribution is 7.99. The number of nitrogens with one attached hydrogen (secondary N) is 1. The lowest BCUT2D eigenvalue weighted by Gasteiger charge is -2.00. The van der Waals surface area contributed by atoms with Crippen molar-refractivity contribution in [2.75, 3.05) is 12.3 Å². The zero-order chi connectivity index (χ0) is 8.93. The largest absolute Gasteiger partial charge is 0.440 e. The molecule has 0 aliphatic heterocycles. The van der Waals surface area contributed by atoms with Crippen molar-refractivity contribution in [3.8, 4) is 0 Å². The Morgan fingerprint density at radius 2 is 2.54 bits per heavy atom. The summed E-state index contributed by atoms with van der Waals surface area (Å²) in [6, 6.07) is 0.826. The van der Waals surface area contributed by atoms with Crippen LogP contribution in [0.4, 0.5) is 0 Å². The molecule has 0 atom stereocenters. The minimum absolute atomic E-state index is 0.784. The summed E-state index contributed by atoms with van der Waals surface area (Å²) in [4.78, 5) is 4.04. The fraction of sp³-hybridized carbons (Fsp3) is 0.667. The Kier molecular flexibility index (Phi) is 3.27. The highest BCUT2D eigenvalue weighted by atomic mass is 32.2. The van der Waals surface area contributed by atoms with Crippen LogP contribution in [0, 0.1) is 0 Å². The number of hydrogen-bond acceptors (Lipinski definition) is 4. The van der Waals surface area contributed by atoms with Gasteiger partial charge in [0.05, 0.1) is 6.20 Å². The van der Waals surface area contributed by atoms with Crippen molar-refractivity contribution in [3.05, 3.63) is 12.5 Å². The van der Waals surface area contributed by atoms with Gasteiger partial charge in [0.1, 0.15) is 6.26 Å². The summed E-state index contributed by atoms with van der Waals surface area (Å²) in [5, 5.41) is 4.26. The van der Waals surface area contributed by atoms with Crippen LogP contribution in [0.3, 0.4) is 0 Å². The second-order valence-electron chi connectivity index (χ2n) is 3.23. The molecule has 1 heterocycles. The van der Waals surface area contributed by atoms with Gasteiger partial charge in [-0.1, -0.05) is 11.8 Å². The first kappa shape index (κ1) is 9.09. The molecule has 3 nitrogen and oxygen atoms in total. The van der Waals surface area contributed by atoms with Gasteiger partial charge in [0, 0.05) is 11.8 Å².